The number of para-hydroxylation sites is 1. The number of fused-ring (bicyclic) bond motifs is 2. The number of piperidine rings is 2. The maximum Gasteiger partial charge on any atom is 0.416 e. The maximum atomic E-state index is 14.0. The number of thiophene rings is 1. The maximum absolute atomic E-state index is 14.0. The van der Waals surface area contributed by atoms with E-state index in [9.17, 15) is 54.7 Å². The van der Waals surface area contributed by atoms with E-state index in [0.717, 1.165) is 122 Å². The van der Waals surface area contributed by atoms with Crippen LogP contribution in [0.15, 0.2) is 133 Å². The molecule has 10 rings (SSSR count). The molecule has 4 heterocycles. The summed E-state index contributed by atoms with van der Waals surface area (Å²) >= 11 is 1.56. The summed E-state index contributed by atoms with van der Waals surface area (Å²) in [6.07, 6.45) is -2.47. The number of carbonyl (C=O) groups is 5. The SMILES string of the molecule is CCCN(C)C(=O)c1ccc(CNCCCCCC(=O)N(C)CCN2CCC(OC(=O)Nc3ccccc3-c3ccccc3)CC2)s1.CCN(C)C(=O)CO[C@H]1Cc2ccccc2C12CCN(CC[C@@]1(c3ccc(F)cc3)CN(C(=O)c3cc(C(F)(F)F)cc(C(F)(F)F)c3)CO1)CC2. The van der Waals surface area contributed by atoms with E-state index in [4.69, 9.17) is 14.2 Å². The van der Waals surface area contributed by atoms with Gasteiger partial charge in [-0.1, -0.05) is 98.3 Å². The first-order valence-electron chi connectivity index (χ1n) is 34.2. The Hall–Kier alpha value is -7.74. The molecule has 3 saturated heterocycles. The van der Waals surface area contributed by atoms with Crippen molar-refractivity contribution in [3.8, 4) is 11.1 Å². The summed E-state index contributed by atoms with van der Waals surface area (Å²) in [5.74, 6) is -1.36. The normalized spacial score (nSPS) is 17.9. The lowest BCUT2D eigenvalue weighted by Crippen LogP contribution is -2.49. The highest BCUT2D eigenvalue weighted by Crippen LogP contribution is 2.48. The number of likely N-dealkylation sites (tertiary alicyclic amines) is 2. The number of unbranched alkanes of at least 4 members (excludes halogenated alkanes) is 2. The summed E-state index contributed by atoms with van der Waals surface area (Å²) in [6.45, 7) is 11.4. The third-order valence-electron chi connectivity index (χ3n) is 19.5. The van der Waals surface area contributed by atoms with E-state index in [0.29, 0.717) is 69.7 Å². The van der Waals surface area contributed by atoms with Gasteiger partial charge in [-0.15, -0.1) is 11.3 Å². The van der Waals surface area contributed by atoms with Gasteiger partial charge in [-0.3, -0.25) is 24.5 Å². The number of alkyl halides is 6. The molecule has 1 spiro atoms. The van der Waals surface area contributed by atoms with E-state index in [2.05, 4.69) is 39.5 Å². The first-order valence-corrected chi connectivity index (χ1v) is 35.0. The molecule has 0 unspecified atom stereocenters. The van der Waals surface area contributed by atoms with Crippen LogP contribution in [0, 0.1) is 5.82 Å². The highest BCUT2D eigenvalue weighted by Gasteiger charge is 2.50. The second-order valence-corrected chi connectivity index (χ2v) is 27.3. The number of nitrogens with zero attached hydrogens (tertiary/aromatic N) is 6. The Morgan fingerprint density at radius 3 is 2.06 bits per heavy atom. The first kappa shape index (κ1) is 75.5. The van der Waals surface area contributed by atoms with E-state index in [1.54, 1.807) is 28.2 Å². The Balaban J connectivity index is 0.000000233. The van der Waals surface area contributed by atoms with Crippen molar-refractivity contribution >= 4 is 46.7 Å². The molecule has 1 aromatic heterocycles. The van der Waals surface area contributed by atoms with Gasteiger partial charge >= 0.3 is 18.4 Å². The van der Waals surface area contributed by atoms with Crippen molar-refractivity contribution in [2.45, 2.75) is 127 Å². The summed E-state index contributed by atoms with van der Waals surface area (Å²) in [4.78, 5) is 76.8. The molecule has 3 aliphatic heterocycles. The molecule has 4 aliphatic rings. The molecular formula is C75H91F7N8O8S. The second kappa shape index (κ2) is 34.6. The van der Waals surface area contributed by atoms with Crippen LogP contribution in [-0.4, -0.2) is 178 Å². The third-order valence-corrected chi connectivity index (χ3v) is 20.5. The van der Waals surface area contributed by atoms with Crippen LogP contribution < -0.4 is 10.6 Å². The van der Waals surface area contributed by atoms with Crippen molar-refractivity contribution in [3.63, 3.8) is 0 Å². The fraction of sp³-hybridized carbons (Fsp3) is 0.480. The summed E-state index contributed by atoms with van der Waals surface area (Å²) in [7, 11) is 5.47. The Morgan fingerprint density at radius 2 is 1.37 bits per heavy atom. The number of hydrogen-bond donors (Lipinski definition) is 2. The summed E-state index contributed by atoms with van der Waals surface area (Å²) in [5.41, 5.74) is 0.238. The third kappa shape index (κ3) is 20.1. The fourth-order valence-electron chi connectivity index (χ4n) is 13.5. The quantitative estimate of drug-likeness (QED) is 0.0394. The molecule has 6 aromatic rings. The standard InChI is InChI=1S/C38H40F7N3O4.C37H51N5O4S/c1-3-46(2)33(49)22-51-32-20-25-6-4-5-7-31(25)35(32)12-15-47(16-13-35)17-14-36(27-8-10-30(39)11-9-27)23-48(24-52-36)34(50)26-18-28(37(40,41)42)21-29(19-26)38(43,44)45;1-4-23-41(3)36(44)34-19-18-31(47-34)28-38-22-12-6-9-17-35(43)40(2)26-27-42-24-20-30(21-25-42)46-37(45)39-33-16-11-10-15-32(33)29-13-7-5-8-14-29/h4-11,18-19,21,32H,3,12-17,20,22-24H2,1-2H3;5,7-8,10-11,13-16,18-19,30,38H,4,6,9,12,17,20-28H2,1-3H3,(H,39,45)/t32-,36-;/m0./s1. The minimum absolute atomic E-state index is 0.0147. The fourth-order valence-corrected chi connectivity index (χ4v) is 14.5. The molecule has 0 saturated carbocycles. The van der Waals surface area contributed by atoms with Gasteiger partial charge in [0.05, 0.1) is 34.3 Å². The molecule has 99 heavy (non-hydrogen) atoms. The van der Waals surface area contributed by atoms with Gasteiger partial charge in [-0.05, 0) is 155 Å². The molecule has 2 atom stereocenters. The van der Waals surface area contributed by atoms with Crippen LogP contribution in [0.2, 0.25) is 0 Å². The average molecular weight is 1400 g/mol. The molecular weight excluding hydrogens is 1310 g/mol. The zero-order valence-electron chi connectivity index (χ0n) is 57.0. The lowest BCUT2D eigenvalue weighted by molar-refractivity contribution is -0.143. The van der Waals surface area contributed by atoms with E-state index >= 15 is 0 Å². The van der Waals surface area contributed by atoms with Crippen molar-refractivity contribution in [2.75, 3.05) is 112 Å². The van der Waals surface area contributed by atoms with Crippen LogP contribution in [0.3, 0.4) is 0 Å². The number of carbonyl (C=O) groups excluding carboxylic acids is 5. The summed E-state index contributed by atoms with van der Waals surface area (Å²) in [6, 6.07) is 36.2. The van der Waals surface area contributed by atoms with E-state index in [1.807, 2.05) is 105 Å². The van der Waals surface area contributed by atoms with Gasteiger partial charge in [0.2, 0.25) is 11.8 Å². The summed E-state index contributed by atoms with van der Waals surface area (Å²) < 4.78 is 114. The molecule has 16 nitrogen and oxygen atoms in total. The molecule has 1 aliphatic carbocycles. The lowest BCUT2D eigenvalue weighted by atomic mass is 9.72. The molecule has 5 aromatic carbocycles. The molecule has 5 amide bonds. The molecule has 3 fully saturated rings. The summed E-state index contributed by atoms with van der Waals surface area (Å²) in [5, 5.41) is 6.40. The number of nitrogens with one attached hydrogen (secondary N) is 2. The molecule has 0 radical (unpaired) electrons. The minimum Gasteiger partial charge on any atom is -0.446 e. The number of halogens is 7. The monoisotopic (exact) mass is 1400 g/mol. The van der Waals surface area contributed by atoms with Crippen molar-refractivity contribution in [1.29, 1.82) is 0 Å². The second-order valence-electron chi connectivity index (χ2n) is 26.2. The van der Waals surface area contributed by atoms with E-state index in [1.165, 1.54) is 35.4 Å². The Morgan fingerprint density at radius 1 is 0.707 bits per heavy atom. The Kier molecular flexibility index (Phi) is 26.3. The number of benzene rings is 5. The Labute approximate surface area is 579 Å². The van der Waals surface area contributed by atoms with Gasteiger partial charge in [0.1, 0.15) is 30.9 Å². The van der Waals surface area contributed by atoms with Gasteiger partial charge in [-0.2, -0.15) is 26.3 Å². The smallest absolute Gasteiger partial charge is 0.416 e. The lowest BCUT2D eigenvalue weighted by Gasteiger charge is -2.44. The number of amides is 5. The first-order chi connectivity index (χ1) is 47.4. The van der Waals surface area contributed by atoms with E-state index < -0.39 is 59.2 Å². The number of hydrogen-bond acceptors (Lipinski definition) is 12. The van der Waals surface area contributed by atoms with Gasteiger partial charge in [0, 0.05) is 101 Å². The topological polar surface area (TPSA) is 157 Å². The molecule has 0 bridgehead atoms. The Bertz CT molecular complexity index is 3620. The van der Waals surface area contributed by atoms with E-state index in [-0.39, 0.29) is 54.6 Å². The molecule has 534 valence electrons. The van der Waals surface area contributed by atoms with Crippen LogP contribution >= 0.6 is 11.3 Å². The van der Waals surface area contributed by atoms with Crippen LogP contribution in [0.4, 0.5) is 41.2 Å². The van der Waals surface area contributed by atoms with Gasteiger partial charge in [0.15, 0.2) is 0 Å². The predicted molar refractivity (Wildman–Crippen MR) is 368 cm³/mol. The largest absolute Gasteiger partial charge is 0.446 e. The van der Waals surface area contributed by atoms with Crippen molar-refractivity contribution in [2.24, 2.45) is 0 Å². The molecule has 24 heteroatoms. The molecule has 2 N–H and O–H groups in total. The number of ether oxygens (including phenoxy) is 3. The zero-order valence-corrected chi connectivity index (χ0v) is 57.9. The van der Waals surface area contributed by atoms with Crippen LogP contribution in [0.1, 0.15) is 131 Å². The average Bonchev–Trinajstić information content (AvgIpc) is 1.60. The number of likely N-dealkylation sites (N-methyl/N-ethyl adjacent to an activating group) is 2. The number of rotatable bonds is 26. The van der Waals surface area contributed by atoms with Crippen molar-refractivity contribution in [3.05, 3.63) is 182 Å². The van der Waals surface area contributed by atoms with Crippen LogP contribution in [0.5, 0.6) is 0 Å². The van der Waals surface area contributed by atoms with Gasteiger partial charge < -0.3 is 48.9 Å². The van der Waals surface area contributed by atoms with Crippen molar-refractivity contribution in [1.82, 2.24) is 34.7 Å². The minimum atomic E-state index is -5.11. The number of anilines is 1. The van der Waals surface area contributed by atoms with Crippen molar-refractivity contribution < 1.29 is 68.9 Å². The highest BCUT2D eigenvalue weighted by molar-refractivity contribution is 7.14. The van der Waals surface area contributed by atoms with Crippen LogP contribution in [0.25, 0.3) is 11.1 Å². The zero-order chi connectivity index (χ0) is 70.9. The van der Waals surface area contributed by atoms with Crippen LogP contribution in [-0.2, 0) is 60.1 Å². The predicted octanol–water partition coefficient (Wildman–Crippen LogP) is 13.8. The van der Waals surface area contributed by atoms with Gasteiger partial charge in [-0.25, -0.2) is 9.18 Å². The highest BCUT2D eigenvalue weighted by atomic mass is 32.1. The van der Waals surface area contributed by atoms with Gasteiger partial charge in [0.25, 0.3) is 11.8 Å².